The molecule has 0 saturated heterocycles. The number of benzene rings is 9. The van der Waals surface area contributed by atoms with E-state index >= 15 is 4.57 Å². The molecule has 0 N–H and O–H groups in total. The zero-order valence-corrected chi connectivity index (χ0v) is 28.9. The Bertz CT molecular complexity index is 3000. The highest BCUT2D eigenvalue weighted by molar-refractivity contribution is 7.84. The summed E-state index contributed by atoms with van der Waals surface area (Å²) in [5, 5.41) is 15.2. The van der Waals surface area contributed by atoms with Crippen LogP contribution >= 0.6 is 7.14 Å². The number of hydrogen-bond acceptors (Lipinski definition) is 3. The molecule has 2 aromatic heterocycles. The highest BCUT2D eigenvalue weighted by atomic mass is 31.2. The first-order valence-electron chi connectivity index (χ1n) is 17.6. The van der Waals surface area contributed by atoms with Gasteiger partial charge in [0.1, 0.15) is 10.9 Å². The lowest BCUT2D eigenvalue weighted by Crippen LogP contribution is -2.29. The molecule has 4 heteroatoms. The maximum atomic E-state index is 15.9. The Morgan fingerprint density at radius 1 is 0.327 bits per heavy atom. The van der Waals surface area contributed by atoms with Gasteiger partial charge in [-0.1, -0.05) is 152 Å². The van der Waals surface area contributed by atoms with Crippen molar-refractivity contribution in [1.29, 1.82) is 0 Å². The summed E-state index contributed by atoms with van der Waals surface area (Å²) < 4.78 is 15.9. The molecule has 0 bridgehead atoms. The number of rotatable bonds is 5. The van der Waals surface area contributed by atoms with Gasteiger partial charge in [0.05, 0.1) is 11.4 Å². The Balaban J connectivity index is 1.11. The van der Waals surface area contributed by atoms with Crippen LogP contribution in [-0.2, 0) is 4.57 Å². The van der Waals surface area contributed by atoms with E-state index in [1.54, 1.807) is 0 Å². The molecule has 0 aliphatic heterocycles. The fourth-order valence-electron chi connectivity index (χ4n) is 8.43. The van der Waals surface area contributed by atoms with Crippen molar-refractivity contribution in [2.75, 3.05) is 0 Å². The molecule has 52 heavy (non-hydrogen) atoms. The van der Waals surface area contributed by atoms with Gasteiger partial charge in [0.2, 0.25) is 7.14 Å². The van der Waals surface area contributed by atoms with Gasteiger partial charge in [-0.25, -0.2) is 9.97 Å². The molecule has 0 unspecified atom stereocenters. The smallest absolute Gasteiger partial charge is 0.206 e. The summed E-state index contributed by atoms with van der Waals surface area (Å²) in [7, 11) is -3.53. The number of aromatic nitrogens is 2. The lowest BCUT2D eigenvalue weighted by molar-refractivity contribution is 0.591. The van der Waals surface area contributed by atoms with E-state index in [0.717, 1.165) is 33.3 Å². The Hall–Kier alpha value is -6.41. The second kappa shape index (κ2) is 11.0. The van der Waals surface area contributed by atoms with Gasteiger partial charge >= 0.3 is 0 Å². The van der Waals surface area contributed by atoms with E-state index in [4.69, 9.17) is 9.97 Å². The first-order valence-corrected chi connectivity index (χ1v) is 19.3. The van der Waals surface area contributed by atoms with Crippen molar-refractivity contribution >= 4 is 88.0 Å². The Kier molecular flexibility index (Phi) is 6.23. The zero-order valence-electron chi connectivity index (χ0n) is 28.0. The monoisotopic (exact) mass is 680 g/mol. The van der Waals surface area contributed by atoms with Gasteiger partial charge in [-0.3, -0.25) is 0 Å². The lowest BCUT2D eigenvalue weighted by atomic mass is 9.91. The molecule has 3 nitrogen and oxygen atoms in total. The van der Waals surface area contributed by atoms with Crippen LogP contribution in [0, 0.1) is 0 Å². The molecule has 0 saturated carbocycles. The van der Waals surface area contributed by atoms with E-state index in [1.165, 1.54) is 53.9 Å². The quantitative estimate of drug-likeness (QED) is 0.134. The van der Waals surface area contributed by atoms with Crippen LogP contribution in [-0.4, -0.2) is 9.97 Å². The minimum Gasteiger partial charge on any atom is -0.305 e. The molecule has 11 rings (SSSR count). The van der Waals surface area contributed by atoms with Gasteiger partial charge in [-0.15, -0.1) is 0 Å². The van der Waals surface area contributed by atoms with Crippen LogP contribution < -0.4 is 16.2 Å². The summed E-state index contributed by atoms with van der Waals surface area (Å²) in [6.45, 7) is 0. The topological polar surface area (TPSA) is 42.9 Å². The predicted octanol–water partition coefficient (Wildman–Crippen LogP) is 11.2. The molecule has 9 aromatic carbocycles. The van der Waals surface area contributed by atoms with Gasteiger partial charge in [-0.05, 0) is 88.9 Å². The van der Waals surface area contributed by atoms with E-state index in [-0.39, 0.29) is 0 Å². The van der Waals surface area contributed by atoms with Crippen LogP contribution in [0.25, 0.3) is 87.1 Å². The SMILES string of the molecule is O=P(c1ccccc1)(c1cccc(-c2ccc3ccc4cccc5ccc2c3c45)n1)c1cccc(-c2ccc3ccc4cccc5ccc2c3c45)n1. The molecule has 0 aliphatic rings. The number of pyridine rings is 2. The zero-order chi connectivity index (χ0) is 34.4. The number of hydrogen-bond donors (Lipinski definition) is 0. The highest BCUT2D eigenvalue weighted by Crippen LogP contribution is 2.44. The predicted molar refractivity (Wildman–Crippen MR) is 220 cm³/mol. The fraction of sp³-hybridized carbons (Fsp3) is 0. The molecule has 242 valence electrons. The molecule has 0 amide bonds. The Morgan fingerprint density at radius 3 is 1.17 bits per heavy atom. The highest BCUT2D eigenvalue weighted by Gasteiger charge is 2.33. The number of nitrogens with zero attached hydrogens (tertiary/aromatic N) is 2. The van der Waals surface area contributed by atoms with E-state index < -0.39 is 7.14 Å². The van der Waals surface area contributed by atoms with Crippen molar-refractivity contribution in [1.82, 2.24) is 9.97 Å². The van der Waals surface area contributed by atoms with Crippen LogP contribution in [0.4, 0.5) is 0 Å². The van der Waals surface area contributed by atoms with Crippen molar-refractivity contribution in [3.8, 4) is 22.5 Å². The minimum atomic E-state index is -3.53. The second-order valence-corrected chi connectivity index (χ2v) is 16.3. The maximum Gasteiger partial charge on any atom is 0.206 e. The normalized spacial score (nSPS) is 12.3. The molecule has 0 atom stereocenters. The van der Waals surface area contributed by atoms with E-state index in [1.807, 2.05) is 66.7 Å². The molecular formula is C48H29N2OP. The van der Waals surface area contributed by atoms with Crippen molar-refractivity contribution in [2.45, 2.75) is 0 Å². The van der Waals surface area contributed by atoms with Gasteiger partial charge in [-0.2, -0.15) is 0 Å². The second-order valence-electron chi connectivity index (χ2n) is 13.6. The third kappa shape index (κ3) is 4.18. The molecule has 0 spiro atoms. The molecule has 11 aromatic rings. The Morgan fingerprint density at radius 2 is 0.712 bits per heavy atom. The molecule has 0 aliphatic carbocycles. The van der Waals surface area contributed by atoms with Crippen LogP contribution in [0.3, 0.4) is 0 Å². The first-order chi connectivity index (χ1) is 25.6. The summed E-state index contributed by atoms with van der Waals surface area (Å²) in [5.74, 6) is 0. The summed E-state index contributed by atoms with van der Waals surface area (Å²) in [6, 6.07) is 60.7. The van der Waals surface area contributed by atoms with Crippen molar-refractivity contribution < 1.29 is 4.57 Å². The van der Waals surface area contributed by atoms with E-state index in [2.05, 4.69) is 109 Å². The lowest BCUT2D eigenvalue weighted by Gasteiger charge is -2.20. The van der Waals surface area contributed by atoms with Crippen molar-refractivity contribution in [3.05, 3.63) is 176 Å². The largest absolute Gasteiger partial charge is 0.305 e. The van der Waals surface area contributed by atoms with E-state index in [9.17, 15) is 0 Å². The Labute approximate surface area is 299 Å². The maximum absolute atomic E-state index is 15.9. The summed E-state index contributed by atoms with van der Waals surface area (Å²) in [5.41, 5.74) is 4.64. The molecule has 2 heterocycles. The third-order valence-corrected chi connectivity index (χ3v) is 13.7. The average Bonchev–Trinajstić information content (AvgIpc) is 3.22. The van der Waals surface area contributed by atoms with E-state index in [0.29, 0.717) is 16.2 Å². The van der Waals surface area contributed by atoms with Crippen LogP contribution in [0.5, 0.6) is 0 Å². The van der Waals surface area contributed by atoms with Crippen LogP contribution in [0.15, 0.2) is 176 Å². The minimum absolute atomic E-state index is 0.516. The van der Waals surface area contributed by atoms with Crippen molar-refractivity contribution in [2.24, 2.45) is 0 Å². The van der Waals surface area contributed by atoms with Crippen LogP contribution in [0.2, 0.25) is 0 Å². The standard InChI is InChI=1S/C48H29N2OP/c51-52(36-12-2-1-3-13-36,43-16-6-14-41(49-43)37-26-22-34-20-18-30-8-4-10-32-24-28-39(37)47(34)45(30)32)44-17-7-15-42(50-44)38-27-23-35-21-19-31-9-5-11-33-25-29-40(38)48(35)46(31)33/h1-29H. The van der Waals surface area contributed by atoms with Crippen molar-refractivity contribution in [3.63, 3.8) is 0 Å². The molecular weight excluding hydrogens is 652 g/mol. The van der Waals surface area contributed by atoms with Gasteiger partial charge in [0.25, 0.3) is 0 Å². The first kappa shape index (κ1) is 29.3. The van der Waals surface area contributed by atoms with Gasteiger partial charge in [0, 0.05) is 16.4 Å². The van der Waals surface area contributed by atoms with Gasteiger partial charge in [0.15, 0.2) is 0 Å². The van der Waals surface area contributed by atoms with Crippen LogP contribution in [0.1, 0.15) is 0 Å². The summed E-state index contributed by atoms with van der Waals surface area (Å²) in [4.78, 5) is 10.5. The fourth-order valence-corrected chi connectivity index (χ4v) is 10.9. The summed E-state index contributed by atoms with van der Waals surface area (Å²) in [6.07, 6.45) is 0. The summed E-state index contributed by atoms with van der Waals surface area (Å²) >= 11 is 0. The van der Waals surface area contributed by atoms with Gasteiger partial charge < -0.3 is 4.57 Å². The average molecular weight is 681 g/mol. The molecule has 0 fully saturated rings. The third-order valence-electron chi connectivity index (χ3n) is 10.8. The molecule has 0 radical (unpaired) electrons.